The van der Waals surface area contributed by atoms with Gasteiger partial charge in [-0.25, -0.2) is 23.5 Å². The minimum atomic E-state index is -2.62. The molecular weight excluding hydrogens is 294 g/mol. The van der Waals surface area contributed by atoms with Crippen LogP contribution < -0.4 is 4.90 Å². The summed E-state index contributed by atoms with van der Waals surface area (Å²) < 4.78 is 30.5. The van der Waals surface area contributed by atoms with E-state index in [1.165, 1.54) is 11.0 Å². The first-order valence-corrected chi connectivity index (χ1v) is 6.98. The SMILES string of the molecule is CN(C(=O)OC(C)(C)C)C1CN(c2cc(C(F)F)ncn2)C1. The molecule has 0 unspecified atom stereocenters. The Labute approximate surface area is 128 Å². The Morgan fingerprint density at radius 2 is 2.05 bits per heavy atom. The number of likely N-dealkylation sites (N-methyl/N-ethyl adjacent to an activating group) is 1. The summed E-state index contributed by atoms with van der Waals surface area (Å²) in [5.41, 5.74) is -0.845. The van der Waals surface area contributed by atoms with Crippen LogP contribution in [0.1, 0.15) is 32.9 Å². The first-order valence-electron chi connectivity index (χ1n) is 6.98. The lowest BCUT2D eigenvalue weighted by Crippen LogP contribution is -2.60. The zero-order chi connectivity index (χ0) is 16.5. The largest absolute Gasteiger partial charge is 0.444 e. The van der Waals surface area contributed by atoms with Gasteiger partial charge >= 0.3 is 6.09 Å². The molecule has 0 spiro atoms. The van der Waals surface area contributed by atoms with Gasteiger partial charge in [-0.1, -0.05) is 0 Å². The molecule has 1 aromatic rings. The van der Waals surface area contributed by atoms with Gasteiger partial charge in [-0.15, -0.1) is 0 Å². The molecule has 0 aromatic carbocycles. The molecule has 1 saturated heterocycles. The summed E-state index contributed by atoms with van der Waals surface area (Å²) >= 11 is 0. The van der Waals surface area contributed by atoms with Gasteiger partial charge in [-0.05, 0) is 20.8 Å². The van der Waals surface area contributed by atoms with Crippen molar-refractivity contribution in [1.82, 2.24) is 14.9 Å². The summed E-state index contributed by atoms with van der Waals surface area (Å²) in [5, 5.41) is 0. The highest BCUT2D eigenvalue weighted by atomic mass is 19.3. The number of carbonyl (C=O) groups excluding carboxylic acids is 1. The number of anilines is 1. The topological polar surface area (TPSA) is 58.6 Å². The highest BCUT2D eigenvalue weighted by Crippen LogP contribution is 2.25. The smallest absolute Gasteiger partial charge is 0.410 e. The minimum Gasteiger partial charge on any atom is -0.444 e. The zero-order valence-electron chi connectivity index (χ0n) is 13.1. The minimum absolute atomic E-state index is 0.0279. The number of amides is 1. The van der Waals surface area contributed by atoms with Gasteiger partial charge in [0.05, 0.1) is 6.04 Å². The van der Waals surface area contributed by atoms with Crippen molar-refractivity contribution in [2.24, 2.45) is 0 Å². The molecule has 0 atom stereocenters. The second kappa shape index (κ2) is 6.02. The third-order valence-electron chi connectivity index (χ3n) is 3.31. The molecule has 1 fully saturated rings. The predicted molar refractivity (Wildman–Crippen MR) is 77.0 cm³/mol. The molecule has 2 rings (SSSR count). The van der Waals surface area contributed by atoms with Crippen molar-refractivity contribution in [3.8, 4) is 0 Å². The van der Waals surface area contributed by atoms with E-state index in [2.05, 4.69) is 9.97 Å². The number of carbonyl (C=O) groups is 1. The molecule has 22 heavy (non-hydrogen) atoms. The van der Waals surface area contributed by atoms with E-state index in [0.29, 0.717) is 18.9 Å². The maximum absolute atomic E-state index is 12.6. The van der Waals surface area contributed by atoms with Crippen LogP contribution in [0.4, 0.5) is 19.4 Å². The second-order valence-electron chi connectivity index (χ2n) is 6.25. The second-order valence-corrected chi connectivity index (χ2v) is 6.25. The summed E-state index contributed by atoms with van der Waals surface area (Å²) in [6.45, 7) is 6.46. The lowest BCUT2D eigenvalue weighted by molar-refractivity contribution is 0.0196. The van der Waals surface area contributed by atoms with E-state index in [-0.39, 0.29) is 11.7 Å². The van der Waals surface area contributed by atoms with Gasteiger partial charge < -0.3 is 14.5 Å². The van der Waals surface area contributed by atoms with E-state index in [0.717, 1.165) is 6.33 Å². The van der Waals surface area contributed by atoms with E-state index < -0.39 is 18.1 Å². The average Bonchev–Trinajstić information content (AvgIpc) is 2.35. The van der Waals surface area contributed by atoms with Crippen molar-refractivity contribution >= 4 is 11.9 Å². The fourth-order valence-electron chi connectivity index (χ4n) is 2.02. The molecule has 1 aromatic heterocycles. The number of rotatable bonds is 3. The van der Waals surface area contributed by atoms with Crippen LogP contribution in [0.5, 0.6) is 0 Å². The Hall–Kier alpha value is -1.99. The number of ether oxygens (including phenoxy) is 1. The van der Waals surface area contributed by atoms with Crippen LogP contribution in [0.15, 0.2) is 12.4 Å². The molecule has 0 saturated carbocycles. The fraction of sp³-hybridized carbons (Fsp3) is 0.643. The van der Waals surface area contributed by atoms with Gasteiger partial charge in [0, 0.05) is 26.2 Å². The molecule has 0 N–H and O–H groups in total. The molecule has 0 bridgehead atoms. The summed E-state index contributed by atoms with van der Waals surface area (Å²) in [6, 6.07) is 1.24. The van der Waals surface area contributed by atoms with Crippen molar-refractivity contribution in [3.63, 3.8) is 0 Å². The first-order chi connectivity index (χ1) is 10.2. The van der Waals surface area contributed by atoms with E-state index >= 15 is 0 Å². The van der Waals surface area contributed by atoms with E-state index in [9.17, 15) is 13.6 Å². The van der Waals surface area contributed by atoms with Crippen LogP contribution in [-0.4, -0.2) is 52.7 Å². The number of aromatic nitrogens is 2. The monoisotopic (exact) mass is 314 g/mol. The Morgan fingerprint density at radius 3 is 2.59 bits per heavy atom. The lowest BCUT2D eigenvalue weighted by Gasteiger charge is -2.44. The van der Waals surface area contributed by atoms with Crippen LogP contribution in [0.25, 0.3) is 0 Å². The highest BCUT2D eigenvalue weighted by Gasteiger charge is 2.35. The molecule has 1 amide bonds. The van der Waals surface area contributed by atoms with E-state index in [4.69, 9.17) is 4.74 Å². The number of hydrogen-bond donors (Lipinski definition) is 0. The maximum Gasteiger partial charge on any atom is 0.410 e. The van der Waals surface area contributed by atoms with E-state index in [1.54, 1.807) is 27.8 Å². The van der Waals surface area contributed by atoms with Crippen molar-refractivity contribution in [2.45, 2.75) is 38.8 Å². The molecule has 6 nitrogen and oxygen atoms in total. The Balaban J connectivity index is 1.92. The van der Waals surface area contributed by atoms with Gasteiger partial charge in [0.15, 0.2) is 0 Å². The van der Waals surface area contributed by atoms with Gasteiger partial charge in [0.1, 0.15) is 23.4 Å². The molecule has 2 heterocycles. The van der Waals surface area contributed by atoms with Gasteiger partial charge in [-0.3, -0.25) is 0 Å². The summed E-state index contributed by atoms with van der Waals surface area (Å²) in [4.78, 5) is 22.8. The van der Waals surface area contributed by atoms with E-state index in [1.807, 2.05) is 4.90 Å². The normalized spacial score (nSPS) is 15.7. The van der Waals surface area contributed by atoms with Gasteiger partial charge in [-0.2, -0.15) is 0 Å². The maximum atomic E-state index is 12.6. The average molecular weight is 314 g/mol. The van der Waals surface area contributed by atoms with Crippen molar-refractivity contribution in [3.05, 3.63) is 18.1 Å². The summed E-state index contributed by atoms with van der Waals surface area (Å²) in [5.74, 6) is 0.444. The Morgan fingerprint density at radius 1 is 1.41 bits per heavy atom. The predicted octanol–water partition coefficient (Wildman–Crippen LogP) is 2.47. The number of nitrogens with zero attached hydrogens (tertiary/aromatic N) is 4. The quantitative estimate of drug-likeness (QED) is 0.858. The van der Waals surface area contributed by atoms with Crippen LogP contribution in [0, 0.1) is 0 Å². The number of hydrogen-bond acceptors (Lipinski definition) is 5. The fourth-order valence-corrected chi connectivity index (χ4v) is 2.02. The van der Waals surface area contributed by atoms with Crippen molar-refractivity contribution in [1.29, 1.82) is 0 Å². The van der Waals surface area contributed by atoms with Crippen molar-refractivity contribution < 1.29 is 18.3 Å². The number of halogens is 2. The van der Waals surface area contributed by atoms with Crippen LogP contribution in [-0.2, 0) is 4.74 Å². The molecule has 1 aliphatic heterocycles. The van der Waals surface area contributed by atoms with Gasteiger partial charge in [0.2, 0.25) is 0 Å². The summed E-state index contributed by atoms with van der Waals surface area (Å²) in [6.07, 6.45) is -1.89. The summed E-state index contributed by atoms with van der Waals surface area (Å²) in [7, 11) is 1.67. The van der Waals surface area contributed by atoms with Crippen LogP contribution in [0.2, 0.25) is 0 Å². The molecular formula is C14H20F2N4O2. The van der Waals surface area contributed by atoms with Crippen LogP contribution in [0.3, 0.4) is 0 Å². The molecule has 0 aliphatic carbocycles. The standard InChI is InChI=1S/C14H20F2N4O2/c1-14(2,3)22-13(21)19(4)9-6-20(7-9)11-5-10(12(15)16)17-8-18-11/h5,8-9,12H,6-7H2,1-4H3. The van der Waals surface area contributed by atoms with Crippen molar-refractivity contribution in [2.75, 3.05) is 25.0 Å². The molecule has 8 heteroatoms. The molecule has 0 radical (unpaired) electrons. The Kier molecular flexibility index (Phi) is 4.48. The Bertz CT molecular complexity index is 542. The molecule has 1 aliphatic rings. The highest BCUT2D eigenvalue weighted by molar-refractivity contribution is 5.69. The third kappa shape index (κ3) is 3.80. The first kappa shape index (κ1) is 16.4. The third-order valence-corrected chi connectivity index (χ3v) is 3.31. The van der Waals surface area contributed by atoms with Crippen LogP contribution >= 0.6 is 0 Å². The van der Waals surface area contributed by atoms with Gasteiger partial charge in [0.25, 0.3) is 6.43 Å². The zero-order valence-corrected chi connectivity index (χ0v) is 13.1. The molecule has 122 valence electrons. The lowest BCUT2D eigenvalue weighted by atomic mass is 10.1. The number of alkyl halides is 2.